The van der Waals surface area contributed by atoms with E-state index in [9.17, 15) is 0 Å². The van der Waals surface area contributed by atoms with E-state index in [1.807, 2.05) is 42.5 Å². The van der Waals surface area contributed by atoms with E-state index in [4.69, 9.17) is 19.9 Å². The molecule has 2 aromatic carbocycles. The molecule has 0 saturated carbocycles. The third-order valence-corrected chi connectivity index (χ3v) is 4.95. The van der Waals surface area contributed by atoms with Crippen LogP contribution < -0.4 is 25.3 Å². The fraction of sp³-hybridized carbons (Fsp3) is 0.435. The van der Waals surface area contributed by atoms with Gasteiger partial charge in [-0.15, -0.1) is 0 Å². The number of benzene rings is 2. The molecule has 3 rings (SSSR count). The number of fused-ring (bicyclic) bond motifs is 1. The van der Waals surface area contributed by atoms with Gasteiger partial charge in [0.25, 0.3) is 0 Å². The lowest BCUT2D eigenvalue weighted by Gasteiger charge is -2.18. The van der Waals surface area contributed by atoms with E-state index in [0.717, 1.165) is 54.6 Å². The average Bonchev–Trinajstić information content (AvgIpc) is 3.01. The molecule has 0 fully saturated rings. The summed E-state index contributed by atoms with van der Waals surface area (Å²) in [7, 11) is 0. The zero-order chi connectivity index (χ0) is 21.2. The van der Waals surface area contributed by atoms with Gasteiger partial charge in [0.05, 0.1) is 19.8 Å². The fourth-order valence-corrected chi connectivity index (χ4v) is 3.13. The maximum Gasteiger partial charge on any atom is 0.193 e. The Kier molecular flexibility index (Phi) is 8.20. The minimum atomic E-state index is 0.351. The number of nitrogens with two attached hydrogens (primary N) is 1. The molecule has 0 spiro atoms. The summed E-state index contributed by atoms with van der Waals surface area (Å²) in [6.45, 7) is 9.83. The first-order valence-corrected chi connectivity index (χ1v) is 10.6. The highest BCUT2D eigenvalue weighted by Crippen LogP contribution is 2.32. The number of guanidine groups is 1. The number of ether oxygens (including phenoxy) is 3. The highest BCUT2D eigenvalue weighted by molar-refractivity contribution is 5.92. The first-order chi connectivity index (χ1) is 14.7. The monoisotopic (exact) mass is 412 g/mol. The van der Waals surface area contributed by atoms with Crippen molar-refractivity contribution in [3.63, 3.8) is 0 Å². The maximum absolute atomic E-state index is 6.05. The van der Waals surface area contributed by atoms with Crippen LogP contribution in [0.3, 0.4) is 0 Å². The Morgan fingerprint density at radius 1 is 1.07 bits per heavy atom. The van der Waals surface area contributed by atoms with Gasteiger partial charge in [-0.05, 0) is 42.9 Å². The largest absolute Gasteiger partial charge is 0.492 e. The lowest BCUT2D eigenvalue weighted by atomic mass is 10.2. The second kappa shape index (κ2) is 11.3. The van der Waals surface area contributed by atoms with Gasteiger partial charge < -0.3 is 30.2 Å². The van der Waals surface area contributed by atoms with Crippen LogP contribution in [0, 0.1) is 0 Å². The third-order valence-electron chi connectivity index (χ3n) is 4.95. The van der Waals surface area contributed by atoms with Crippen molar-refractivity contribution in [3.05, 3.63) is 48.0 Å². The average molecular weight is 413 g/mol. The Balaban J connectivity index is 1.48. The van der Waals surface area contributed by atoms with Gasteiger partial charge >= 0.3 is 0 Å². The topological polar surface area (TPSA) is 81.3 Å². The van der Waals surface area contributed by atoms with E-state index >= 15 is 0 Å². The van der Waals surface area contributed by atoms with Crippen molar-refractivity contribution in [3.8, 4) is 17.2 Å². The van der Waals surface area contributed by atoms with Crippen molar-refractivity contribution in [1.29, 1.82) is 0 Å². The minimum Gasteiger partial charge on any atom is -0.492 e. The zero-order valence-corrected chi connectivity index (χ0v) is 17.9. The van der Waals surface area contributed by atoms with Crippen molar-refractivity contribution in [1.82, 2.24) is 4.90 Å². The molecule has 0 radical (unpaired) electrons. The Labute approximate surface area is 178 Å². The normalized spacial score (nSPS) is 13.8. The van der Waals surface area contributed by atoms with Crippen LogP contribution >= 0.6 is 0 Å². The Morgan fingerprint density at radius 2 is 1.80 bits per heavy atom. The summed E-state index contributed by atoms with van der Waals surface area (Å²) in [5.74, 6) is 2.70. The molecule has 0 amide bonds. The van der Waals surface area contributed by atoms with Crippen molar-refractivity contribution in [2.75, 3.05) is 44.8 Å². The lowest BCUT2D eigenvalue weighted by molar-refractivity contribution is 0.223. The van der Waals surface area contributed by atoms with Gasteiger partial charge in [-0.1, -0.05) is 26.0 Å². The molecule has 162 valence electrons. The quantitative estimate of drug-likeness (QED) is 0.485. The van der Waals surface area contributed by atoms with Gasteiger partial charge in [0.2, 0.25) is 0 Å². The Hall–Kier alpha value is -2.93. The molecule has 7 heteroatoms. The molecule has 2 aromatic rings. The van der Waals surface area contributed by atoms with Crippen LogP contribution in [0.5, 0.6) is 17.2 Å². The molecule has 3 N–H and O–H groups in total. The molecular weight excluding hydrogens is 380 g/mol. The molecule has 1 aliphatic rings. The van der Waals surface area contributed by atoms with E-state index in [0.29, 0.717) is 32.3 Å². The van der Waals surface area contributed by atoms with Crippen LogP contribution in [-0.4, -0.2) is 50.3 Å². The maximum atomic E-state index is 6.05. The van der Waals surface area contributed by atoms with Crippen molar-refractivity contribution in [2.24, 2.45) is 10.7 Å². The van der Waals surface area contributed by atoms with Gasteiger partial charge in [-0.3, -0.25) is 0 Å². The van der Waals surface area contributed by atoms with Crippen LogP contribution in [0.25, 0.3) is 0 Å². The number of nitrogens with zero attached hydrogens (tertiary/aromatic N) is 2. The summed E-state index contributed by atoms with van der Waals surface area (Å²) in [4.78, 5) is 6.76. The summed E-state index contributed by atoms with van der Waals surface area (Å²) < 4.78 is 17.2. The molecule has 0 aliphatic carbocycles. The molecule has 0 unspecified atom stereocenters. The first kappa shape index (κ1) is 21.8. The smallest absolute Gasteiger partial charge is 0.193 e. The number of hydrogen-bond acceptors (Lipinski definition) is 5. The molecule has 0 saturated heterocycles. The van der Waals surface area contributed by atoms with Crippen molar-refractivity contribution >= 4 is 11.6 Å². The Bertz CT molecular complexity index is 820. The molecule has 0 atom stereocenters. The first-order valence-electron chi connectivity index (χ1n) is 10.6. The minimum absolute atomic E-state index is 0.351. The van der Waals surface area contributed by atoms with E-state index < -0.39 is 0 Å². The van der Waals surface area contributed by atoms with E-state index in [-0.39, 0.29) is 0 Å². The van der Waals surface area contributed by atoms with Gasteiger partial charge in [0.1, 0.15) is 12.4 Å². The highest BCUT2D eigenvalue weighted by Gasteiger charge is 2.10. The summed E-state index contributed by atoms with van der Waals surface area (Å²) >= 11 is 0. The second-order valence-electron chi connectivity index (χ2n) is 7.06. The standard InChI is InChI=1S/C23H32N4O3/c1-3-27(4-2)12-15-28-20-9-6-18(7-10-20)17-25-23(24)26-19-8-11-21-22(16-19)30-14-5-13-29-21/h6-11,16H,3-5,12-15,17H2,1-2H3,(H3,24,25,26). The lowest BCUT2D eigenvalue weighted by Crippen LogP contribution is -2.27. The van der Waals surface area contributed by atoms with Crippen LogP contribution in [0.4, 0.5) is 5.69 Å². The summed E-state index contributed by atoms with van der Waals surface area (Å²) in [5.41, 5.74) is 7.93. The number of hydrogen-bond donors (Lipinski definition) is 2. The molecule has 1 aliphatic heterocycles. The van der Waals surface area contributed by atoms with Crippen LogP contribution in [-0.2, 0) is 6.54 Å². The molecule has 1 heterocycles. The third kappa shape index (κ3) is 6.56. The van der Waals surface area contributed by atoms with E-state index in [2.05, 4.69) is 29.1 Å². The summed E-state index contributed by atoms with van der Waals surface area (Å²) in [5, 5.41) is 3.11. The number of anilines is 1. The van der Waals surface area contributed by atoms with Crippen LogP contribution in [0.2, 0.25) is 0 Å². The van der Waals surface area contributed by atoms with Crippen molar-refractivity contribution < 1.29 is 14.2 Å². The predicted molar refractivity (Wildman–Crippen MR) is 121 cm³/mol. The van der Waals surface area contributed by atoms with E-state index in [1.54, 1.807) is 0 Å². The molecule has 30 heavy (non-hydrogen) atoms. The zero-order valence-electron chi connectivity index (χ0n) is 17.9. The van der Waals surface area contributed by atoms with Gasteiger partial charge in [0.15, 0.2) is 17.5 Å². The number of likely N-dealkylation sites (N-methyl/N-ethyl adjacent to an activating group) is 1. The molecular formula is C23H32N4O3. The second-order valence-corrected chi connectivity index (χ2v) is 7.06. The highest BCUT2D eigenvalue weighted by atomic mass is 16.5. The number of aliphatic imine (C=N–C) groups is 1. The Morgan fingerprint density at radius 3 is 2.53 bits per heavy atom. The molecule has 7 nitrogen and oxygen atoms in total. The van der Waals surface area contributed by atoms with Crippen molar-refractivity contribution in [2.45, 2.75) is 26.8 Å². The molecule has 0 aromatic heterocycles. The van der Waals surface area contributed by atoms with Gasteiger partial charge in [-0.25, -0.2) is 4.99 Å². The van der Waals surface area contributed by atoms with Gasteiger partial charge in [0, 0.05) is 24.7 Å². The van der Waals surface area contributed by atoms with Gasteiger partial charge in [-0.2, -0.15) is 0 Å². The summed E-state index contributed by atoms with van der Waals surface area (Å²) in [6, 6.07) is 13.6. The SMILES string of the molecule is CCN(CC)CCOc1ccc(CN=C(N)Nc2ccc3c(c2)OCCCO3)cc1. The molecule has 0 bridgehead atoms. The fourth-order valence-electron chi connectivity index (χ4n) is 3.13. The van der Waals surface area contributed by atoms with Crippen LogP contribution in [0.15, 0.2) is 47.5 Å². The number of rotatable bonds is 9. The number of nitrogens with one attached hydrogen (secondary N) is 1. The van der Waals surface area contributed by atoms with Crippen LogP contribution in [0.1, 0.15) is 25.8 Å². The predicted octanol–water partition coefficient (Wildman–Crippen LogP) is 3.50. The summed E-state index contributed by atoms with van der Waals surface area (Å²) in [6.07, 6.45) is 0.876. The van der Waals surface area contributed by atoms with E-state index in [1.165, 1.54) is 0 Å².